The summed E-state index contributed by atoms with van der Waals surface area (Å²) < 4.78 is 2.08. The Labute approximate surface area is 131 Å². The molecule has 1 aliphatic rings. The van der Waals surface area contributed by atoms with Crippen molar-refractivity contribution >= 4 is 5.78 Å². The van der Waals surface area contributed by atoms with E-state index in [1.807, 2.05) is 49.9 Å². The van der Waals surface area contributed by atoms with Crippen molar-refractivity contribution in [2.75, 3.05) is 19.6 Å². The molecular weight excluding hydrogens is 274 g/mol. The lowest BCUT2D eigenvalue weighted by molar-refractivity contribution is 0.0841. The SMILES string of the molecule is Cn1cncc1CCN1CCC(C(=O)c2ccccc2)CC1. The summed E-state index contributed by atoms with van der Waals surface area (Å²) in [4.78, 5) is 19.1. The summed E-state index contributed by atoms with van der Waals surface area (Å²) in [6.07, 6.45) is 6.75. The molecule has 3 rings (SSSR count). The van der Waals surface area contributed by atoms with E-state index in [9.17, 15) is 4.79 Å². The average molecular weight is 297 g/mol. The molecule has 2 aromatic rings. The maximum absolute atomic E-state index is 12.5. The zero-order chi connectivity index (χ0) is 15.4. The highest BCUT2D eigenvalue weighted by Gasteiger charge is 2.25. The van der Waals surface area contributed by atoms with Gasteiger partial charge in [0.15, 0.2) is 5.78 Å². The number of carbonyl (C=O) groups excluding carboxylic acids is 1. The van der Waals surface area contributed by atoms with E-state index in [2.05, 4.69) is 14.5 Å². The van der Waals surface area contributed by atoms with Gasteiger partial charge in [-0.3, -0.25) is 4.79 Å². The number of aryl methyl sites for hydroxylation is 1. The van der Waals surface area contributed by atoms with Gasteiger partial charge in [0.1, 0.15) is 0 Å². The molecule has 1 fully saturated rings. The van der Waals surface area contributed by atoms with Gasteiger partial charge >= 0.3 is 0 Å². The molecule has 1 aromatic carbocycles. The minimum absolute atomic E-state index is 0.190. The quantitative estimate of drug-likeness (QED) is 0.796. The molecule has 0 saturated carbocycles. The third-order valence-electron chi connectivity index (χ3n) is 4.62. The molecule has 0 radical (unpaired) electrons. The number of imidazole rings is 1. The van der Waals surface area contributed by atoms with Crippen molar-refractivity contribution in [3.8, 4) is 0 Å². The number of carbonyl (C=O) groups is 1. The van der Waals surface area contributed by atoms with E-state index in [4.69, 9.17) is 0 Å². The first kappa shape index (κ1) is 15.0. The summed E-state index contributed by atoms with van der Waals surface area (Å²) in [6, 6.07) is 9.69. The highest BCUT2D eigenvalue weighted by Crippen LogP contribution is 2.21. The smallest absolute Gasteiger partial charge is 0.166 e. The maximum Gasteiger partial charge on any atom is 0.166 e. The van der Waals surface area contributed by atoms with Gasteiger partial charge in [-0.1, -0.05) is 30.3 Å². The number of Topliss-reactive ketones (excluding diaryl/α,β-unsaturated/α-hetero) is 1. The molecule has 0 unspecified atom stereocenters. The third kappa shape index (κ3) is 3.45. The van der Waals surface area contributed by atoms with Gasteiger partial charge in [0, 0.05) is 43.4 Å². The first-order chi connectivity index (χ1) is 10.7. The Balaban J connectivity index is 1.48. The summed E-state index contributed by atoms with van der Waals surface area (Å²) in [7, 11) is 2.03. The molecule has 0 amide bonds. The molecule has 1 aromatic heterocycles. The van der Waals surface area contributed by atoms with Gasteiger partial charge in [-0.05, 0) is 25.9 Å². The van der Waals surface area contributed by atoms with Crippen LogP contribution in [0.5, 0.6) is 0 Å². The number of hydrogen-bond donors (Lipinski definition) is 0. The number of rotatable bonds is 5. The number of ketones is 1. The van der Waals surface area contributed by atoms with Crippen molar-refractivity contribution in [1.82, 2.24) is 14.5 Å². The van der Waals surface area contributed by atoms with Crippen molar-refractivity contribution in [2.45, 2.75) is 19.3 Å². The Morgan fingerprint density at radius 1 is 1.23 bits per heavy atom. The number of nitrogens with zero attached hydrogens (tertiary/aromatic N) is 3. The van der Waals surface area contributed by atoms with Gasteiger partial charge in [-0.25, -0.2) is 4.98 Å². The summed E-state index contributed by atoms with van der Waals surface area (Å²) in [6.45, 7) is 3.08. The predicted octanol–water partition coefficient (Wildman–Crippen LogP) is 2.56. The molecule has 0 atom stereocenters. The van der Waals surface area contributed by atoms with Crippen LogP contribution in [0.1, 0.15) is 28.9 Å². The fraction of sp³-hybridized carbons (Fsp3) is 0.444. The molecule has 0 N–H and O–H groups in total. The zero-order valence-electron chi connectivity index (χ0n) is 13.1. The second-order valence-corrected chi connectivity index (χ2v) is 6.09. The minimum atomic E-state index is 0.190. The van der Waals surface area contributed by atoms with Crippen LogP contribution < -0.4 is 0 Å². The fourth-order valence-corrected chi connectivity index (χ4v) is 3.16. The molecule has 1 saturated heterocycles. The van der Waals surface area contributed by atoms with E-state index in [0.717, 1.165) is 44.5 Å². The lowest BCUT2D eigenvalue weighted by Gasteiger charge is -2.31. The Morgan fingerprint density at radius 3 is 2.59 bits per heavy atom. The lowest BCUT2D eigenvalue weighted by Crippen LogP contribution is -2.37. The van der Waals surface area contributed by atoms with Crippen LogP contribution in [0.15, 0.2) is 42.9 Å². The summed E-state index contributed by atoms with van der Waals surface area (Å²) >= 11 is 0. The molecule has 1 aliphatic heterocycles. The van der Waals surface area contributed by atoms with Crippen molar-refractivity contribution < 1.29 is 4.79 Å². The van der Waals surface area contributed by atoms with Gasteiger partial charge in [-0.2, -0.15) is 0 Å². The van der Waals surface area contributed by atoms with Crippen molar-refractivity contribution in [3.05, 3.63) is 54.1 Å². The zero-order valence-corrected chi connectivity index (χ0v) is 13.1. The van der Waals surface area contributed by atoms with Crippen molar-refractivity contribution in [1.29, 1.82) is 0 Å². The van der Waals surface area contributed by atoms with Crippen LogP contribution in [0, 0.1) is 5.92 Å². The molecule has 0 spiro atoms. The molecular formula is C18H23N3O. The standard InChI is InChI=1S/C18H23N3O/c1-20-14-19-13-17(20)9-12-21-10-7-16(8-11-21)18(22)15-5-3-2-4-6-15/h2-6,13-14,16H,7-12H2,1H3. The Morgan fingerprint density at radius 2 is 1.95 bits per heavy atom. The van der Waals surface area contributed by atoms with E-state index in [1.165, 1.54) is 5.69 Å². The van der Waals surface area contributed by atoms with E-state index < -0.39 is 0 Å². The molecule has 116 valence electrons. The number of piperidine rings is 1. The van der Waals surface area contributed by atoms with E-state index >= 15 is 0 Å². The first-order valence-electron chi connectivity index (χ1n) is 8.01. The maximum atomic E-state index is 12.5. The van der Waals surface area contributed by atoms with Crippen LogP contribution in [0.3, 0.4) is 0 Å². The second-order valence-electron chi connectivity index (χ2n) is 6.09. The van der Waals surface area contributed by atoms with Crippen molar-refractivity contribution in [2.24, 2.45) is 13.0 Å². The number of benzene rings is 1. The van der Waals surface area contributed by atoms with Crippen LogP contribution in [0.4, 0.5) is 0 Å². The van der Waals surface area contributed by atoms with Crippen LogP contribution >= 0.6 is 0 Å². The summed E-state index contributed by atoms with van der Waals surface area (Å²) in [5, 5.41) is 0. The molecule has 0 aliphatic carbocycles. The van der Waals surface area contributed by atoms with Crippen LogP contribution in [-0.4, -0.2) is 39.9 Å². The first-order valence-corrected chi connectivity index (χ1v) is 8.01. The highest BCUT2D eigenvalue weighted by atomic mass is 16.1. The van der Waals surface area contributed by atoms with Gasteiger partial charge in [-0.15, -0.1) is 0 Å². The summed E-state index contributed by atoms with van der Waals surface area (Å²) in [5.74, 6) is 0.502. The topological polar surface area (TPSA) is 38.1 Å². The largest absolute Gasteiger partial charge is 0.338 e. The van der Waals surface area contributed by atoms with Crippen LogP contribution in [0.25, 0.3) is 0 Å². The normalized spacial score (nSPS) is 16.8. The van der Waals surface area contributed by atoms with Crippen molar-refractivity contribution in [3.63, 3.8) is 0 Å². The lowest BCUT2D eigenvalue weighted by atomic mass is 9.89. The van der Waals surface area contributed by atoms with E-state index in [0.29, 0.717) is 5.78 Å². The summed E-state index contributed by atoms with van der Waals surface area (Å²) in [5.41, 5.74) is 2.12. The molecule has 0 bridgehead atoms. The van der Waals surface area contributed by atoms with Gasteiger partial charge in [0.05, 0.1) is 6.33 Å². The average Bonchev–Trinajstić information content (AvgIpc) is 2.99. The van der Waals surface area contributed by atoms with E-state index in [-0.39, 0.29) is 5.92 Å². The second kappa shape index (κ2) is 6.88. The predicted molar refractivity (Wildman–Crippen MR) is 86.8 cm³/mol. The van der Waals surface area contributed by atoms with Gasteiger partial charge in [0.2, 0.25) is 0 Å². The van der Waals surface area contributed by atoms with Crippen LogP contribution in [-0.2, 0) is 13.5 Å². The molecule has 4 nitrogen and oxygen atoms in total. The Kier molecular flexibility index (Phi) is 4.68. The Hall–Kier alpha value is -1.94. The Bertz CT molecular complexity index is 612. The monoisotopic (exact) mass is 297 g/mol. The fourth-order valence-electron chi connectivity index (χ4n) is 3.16. The number of likely N-dealkylation sites (tertiary alicyclic amines) is 1. The minimum Gasteiger partial charge on any atom is -0.338 e. The van der Waals surface area contributed by atoms with Gasteiger partial charge < -0.3 is 9.47 Å². The van der Waals surface area contributed by atoms with Crippen LogP contribution in [0.2, 0.25) is 0 Å². The molecule has 4 heteroatoms. The number of hydrogen-bond acceptors (Lipinski definition) is 3. The third-order valence-corrected chi connectivity index (χ3v) is 4.62. The number of aromatic nitrogens is 2. The molecule has 2 heterocycles. The van der Waals surface area contributed by atoms with Gasteiger partial charge in [0.25, 0.3) is 0 Å². The highest BCUT2D eigenvalue weighted by molar-refractivity contribution is 5.97. The molecule has 22 heavy (non-hydrogen) atoms. The van der Waals surface area contributed by atoms with E-state index in [1.54, 1.807) is 0 Å².